The molecule has 0 spiro atoms. The molecule has 0 bridgehead atoms. The third kappa shape index (κ3) is 5.28. The van der Waals surface area contributed by atoms with Crippen molar-refractivity contribution in [3.8, 4) is 0 Å². The molecule has 1 nitrogen and oxygen atoms in total. The first-order chi connectivity index (χ1) is 8.76. The second-order valence-electron chi connectivity index (χ2n) is 5.91. The van der Waals surface area contributed by atoms with Gasteiger partial charge in [0.1, 0.15) is 0 Å². The maximum absolute atomic E-state index is 12.5. The molecule has 0 amide bonds. The molecule has 106 valence electrons. The molecule has 1 aromatic rings. The Balaban J connectivity index is 2.85. The molecule has 2 unspecified atom stereocenters. The zero-order chi connectivity index (χ0) is 14.6. The van der Waals surface area contributed by atoms with E-state index in [4.69, 9.17) is 0 Å². The van der Waals surface area contributed by atoms with E-state index in [1.807, 2.05) is 18.2 Å². The molecule has 0 aliphatic heterocycles. The van der Waals surface area contributed by atoms with Gasteiger partial charge in [0.15, 0.2) is 5.78 Å². The van der Waals surface area contributed by atoms with Crippen LogP contribution >= 0.6 is 41.1 Å². The van der Waals surface area contributed by atoms with Crippen molar-refractivity contribution in [2.45, 2.75) is 33.6 Å². The highest BCUT2D eigenvalue weighted by molar-refractivity contribution is 9.11. The van der Waals surface area contributed by atoms with Crippen molar-refractivity contribution in [1.29, 1.82) is 0 Å². The van der Waals surface area contributed by atoms with Gasteiger partial charge in [0, 0.05) is 20.9 Å². The van der Waals surface area contributed by atoms with Gasteiger partial charge in [0.05, 0.1) is 0 Å². The van der Waals surface area contributed by atoms with E-state index in [9.17, 15) is 4.79 Å². The van der Waals surface area contributed by atoms with Crippen LogP contribution in [0.15, 0.2) is 27.1 Å². The number of benzene rings is 1. The molecule has 0 fully saturated rings. The van der Waals surface area contributed by atoms with Crippen LogP contribution in [0.25, 0.3) is 0 Å². The Morgan fingerprint density at radius 1 is 1.32 bits per heavy atom. The first-order valence-corrected chi connectivity index (χ1v) is 8.84. The highest BCUT2D eigenvalue weighted by Gasteiger charge is 2.26. The van der Waals surface area contributed by atoms with Crippen molar-refractivity contribution in [1.82, 2.24) is 0 Å². The van der Waals surface area contributed by atoms with Crippen molar-refractivity contribution in [3.05, 3.63) is 32.7 Å². The van der Waals surface area contributed by atoms with Gasteiger partial charge in [-0.15, -0.1) is 9.24 Å². The van der Waals surface area contributed by atoms with Gasteiger partial charge >= 0.3 is 0 Å². The lowest BCUT2D eigenvalue weighted by molar-refractivity contribution is 0.0916. The second-order valence-corrected chi connectivity index (χ2v) is 8.09. The highest BCUT2D eigenvalue weighted by Crippen LogP contribution is 2.34. The quantitative estimate of drug-likeness (QED) is 0.435. The Kier molecular flexibility index (Phi) is 6.69. The molecule has 0 aliphatic rings. The van der Waals surface area contributed by atoms with Crippen LogP contribution in [0.1, 0.15) is 44.0 Å². The topological polar surface area (TPSA) is 17.1 Å². The van der Waals surface area contributed by atoms with Crippen LogP contribution in [0.5, 0.6) is 0 Å². The number of halogens is 2. The maximum atomic E-state index is 12.5. The van der Waals surface area contributed by atoms with Crippen LogP contribution in [0.2, 0.25) is 0 Å². The summed E-state index contributed by atoms with van der Waals surface area (Å²) in [7, 11) is 2.78. The first kappa shape index (κ1) is 17.3. The Morgan fingerprint density at radius 3 is 2.32 bits per heavy atom. The minimum Gasteiger partial charge on any atom is -0.294 e. The van der Waals surface area contributed by atoms with Gasteiger partial charge in [-0.25, -0.2) is 0 Å². The molecule has 1 rings (SSSR count). The molecule has 0 aromatic heterocycles. The lowest BCUT2D eigenvalue weighted by Crippen LogP contribution is -2.21. The molecule has 2 atom stereocenters. The van der Waals surface area contributed by atoms with E-state index in [1.54, 1.807) is 0 Å². The standard InChI is InChI=1S/C15H21Br2OP/c1-10(9-19)7-15(2,3)8-13(18)14-11(16)5-4-6-12(14)17/h4-6,10H,7-9,19H2,1-3H3. The summed E-state index contributed by atoms with van der Waals surface area (Å²) >= 11 is 6.93. The fourth-order valence-corrected chi connectivity index (χ4v) is 3.99. The predicted octanol–water partition coefficient (Wildman–Crippen LogP) is 5.71. The average molecular weight is 408 g/mol. The Bertz CT molecular complexity index is 437. The smallest absolute Gasteiger partial charge is 0.165 e. The monoisotopic (exact) mass is 406 g/mol. The van der Waals surface area contributed by atoms with E-state index in [0.29, 0.717) is 12.3 Å². The number of rotatable bonds is 6. The zero-order valence-electron chi connectivity index (χ0n) is 11.7. The van der Waals surface area contributed by atoms with E-state index in [0.717, 1.165) is 27.1 Å². The molecule has 0 saturated carbocycles. The molecule has 19 heavy (non-hydrogen) atoms. The Morgan fingerprint density at radius 2 is 1.84 bits per heavy atom. The molecule has 0 radical (unpaired) electrons. The lowest BCUT2D eigenvalue weighted by Gasteiger charge is -2.27. The summed E-state index contributed by atoms with van der Waals surface area (Å²) in [5, 5.41) is 0. The summed E-state index contributed by atoms with van der Waals surface area (Å²) in [4.78, 5) is 12.5. The van der Waals surface area contributed by atoms with Crippen LogP contribution in [0.3, 0.4) is 0 Å². The third-order valence-corrected chi connectivity index (χ3v) is 5.31. The third-order valence-electron chi connectivity index (χ3n) is 3.18. The van der Waals surface area contributed by atoms with Crippen molar-refractivity contribution in [3.63, 3.8) is 0 Å². The molecule has 0 heterocycles. The van der Waals surface area contributed by atoms with Gasteiger partial charge in [0.25, 0.3) is 0 Å². The van der Waals surface area contributed by atoms with Crippen LogP contribution < -0.4 is 0 Å². The van der Waals surface area contributed by atoms with Crippen molar-refractivity contribution < 1.29 is 4.79 Å². The van der Waals surface area contributed by atoms with Crippen LogP contribution in [0.4, 0.5) is 0 Å². The number of ketones is 1. The fraction of sp³-hybridized carbons (Fsp3) is 0.533. The number of hydrogen-bond donors (Lipinski definition) is 0. The highest BCUT2D eigenvalue weighted by atomic mass is 79.9. The number of carbonyl (C=O) groups is 1. The van der Waals surface area contributed by atoms with E-state index < -0.39 is 0 Å². The van der Waals surface area contributed by atoms with Crippen molar-refractivity contribution in [2.24, 2.45) is 11.3 Å². The van der Waals surface area contributed by atoms with Gasteiger partial charge in [-0.3, -0.25) is 4.79 Å². The summed E-state index contributed by atoms with van der Waals surface area (Å²) < 4.78 is 1.73. The van der Waals surface area contributed by atoms with Gasteiger partial charge in [0.2, 0.25) is 0 Å². The van der Waals surface area contributed by atoms with Crippen LogP contribution in [0, 0.1) is 11.3 Å². The molecule has 4 heteroatoms. The van der Waals surface area contributed by atoms with Crippen molar-refractivity contribution >= 4 is 46.9 Å². The number of carbonyl (C=O) groups excluding carboxylic acids is 1. The number of hydrogen-bond acceptors (Lipinski definition) is 1. The van der Waals surface area contributed by atoms with Crippen LogP contribution in [-0.4, -0.2) is 11.9 Å². The van der Waals surface area contributed by atoms with Gasteiger partial charge in [-0.1, -0.05) is 58.7 Å². The largest absolute Gasteiger partial charge is 0.294 e. The van der Waals surface area contributed by atoms with Gasteiger partial charge in [-0.05, 0) is 36.0 Å². The summed E-state index contributed by atoms with van der Waals surface area (Å²) in [5.41, 5.74) is 0.788. The van der Waals surface area contributed by atoms with E-state index >= 15 is 0 Å². The molecular weight excluding hydrogens is 387 g/mol. The number of Topliss-reactive ketones (excluding diaryl/α,β-unsaturated/α-hetero) is 1. The minimum absolute atomic E-state index is 0.0296. The fourth-order valence-electron chi connectivity index (χ4n) is 2.39. The summed E-state index contributed by atoms with van der Waals surface area (Å²) in [6, 6.07) is 5.75. The average Bonchev–Trinajstić information content (AvgIpc) is 2.27. The summed E-state index contributed by atoms with van der Waals surface area (Å²) in [6.07, 6.45) is 2.71. The van der Waals surface area contributed by atoms with Crippen molar-refractivity contribution in [2.75, 3.05) is 6.16 Å². The molecule has 1 aromatic carbocycles. The second kappa shape index (κ2) is 7.33. The molecule has 0 N–H and O–H groups in total. The van der Waals surface area contributed by atoms with Gasteiger partial charge < -0.3 is 0 Å². The molecular formula is C15H21Br2OP. The maximum Gasteiger partial charge on any atom is 0.165 e. The lowest BCUT2D eigenvalue weighted by atomic mass is 9.79. The van der Waals surface area contributed by atoms with Gasteiger partial charge in [-0.2, -0.15) is 0 Å². The normalized spacial score (nSPS) is 13.4. The summed E-state index contributed by atoms with van der Waals surface area (Å²) in [5.74, 6) is 0.816. The predicted molar refractivity (Wildman–Crippen MR) is 92.9 cm³/mol. The summed E-state index contributed by atoms with van der Waals surface area (Å²) in [6.45, 7) is 6.58. The van der Waals surface area contributed by atoms with E-state index in [-0.39, 0.29) is 11.2 Å². The van der Waals surface area contributed by atoms with E-state index in [1.165, 1.54) is 0 Å². The molecule has 0 aliphatic carbocycles. The SMILES string of the molecule is CC(CP)CC(C)(C)CC(=O)c1c(Br)cccc1Br. The molecule has 0 saturated heterocycles. The Hall–Kier alpha value is 0.280. The first-order valence-electron chi connectivity index (χ1n) is 6.44. The van der Waals surface area contributed by atoms with Crippen LogP contribution in [-0.2, 0) is 0 Å². The zero-order valence-corrected chi connectivity index (χ0v) is 16.0. The van der Waals surface area contributed by atoms with E-state index in [2.05, 4.69) is 61.9 Å². The Labute approximate surface area is 135 Å². The minimum atomic E-state index is 0.0296.